The number of hydrogen-bond acceptors (Lipinski definition) is 5. The van der Waals surface area contributed by atoms with Gasteiger partial charge in [-0.05, 0) is 35.7 Å². The van der Waals surface area contributed by atoms with E-state index in [9.17, 15) is 14.0 Å². The quantitative estimate of drug-likeness (QED) is 0.308. The second-order valence-corrected chi connectivity index (χ2v) is 8.11. The van der Waals surface area contributed by atoms with Crippen LogP contribution in [0.1, 0.15) is 26.4 Å². The Hall–Kier alpha value is -4.72. The highest BCUT2D eigenvalue weighted by Gasteiger charge is 2.31. The molecule has 0 spiro atoms. The van der Waals surface area contributed by atoms with E-state index in [2.05, 4.69) is 5.10 Å². The first-order chi connectivity index (χ1) is 17.5. The summed E-state index contributed by atoms with van der Waals surface area (Å²) >= 11 is 0. The van der Waals surface area contributed by atoms with E-state index in [-0.39, 0.29) is 22.8 Å². The minimum Gasteiger partial charge on any atom is -0.465 e. The molecule has 3 aromatic carbocycles. The number of esters is 2. The molecule has 0 atom stereocenters. The van der Waals surface area contributed by atoms with Crippen LogP contribution in [0.2, 0.25) is 0 Å². The Balaban J connectivity index is 1.70. The van der Waals surface area contributed by atoms with Gasteiger partial charge < -0.3 is 14.0 Å². The predicted octanol–water partition coefficient (Wildman–Crippen LogP) is 5.25. The van der Waals surface area contributed by atoms with Crippen molar-refractivity contribution in [1.82, 2.24) is 14.3 Å². The molecule has 180 valence electrons. The number of carbonyl (C=O) groups excluding carboxylic acids is 2. The van der Waals surface area contributed by atoms with Gasteiger partial charge in [0.1, 0.15) is 17.1 Å². The van der Waals surface area contributed by atoms with E-state index < -0.39 is 11.9 Å². The standard InChI is InChI=1S/C28H22FN3O4/c1-35-27(33)24-25(30-32(26(24)28(34)36-2)21-9-4-3-5-10-21)19-13-12-18-14-15-31(23(18)16-19)17-20-8-6-7-11-22(20)29/h3-16H,17H2,1-2H3. The number of hydrogen-bond donors (Lipinski definition) is 0. The fourth-order valence-corrected chi connectivity index (χ4v) is 4.24. The number of para-hydroxylation sites is 1. The van der Waals surface area contributed by atoms with Crippen LogP contribution in [0, 0.1) is 5.82 Å². The molecule has 2 aromatic heterocycles. The van der Waals surface area contributed by atoms with Crippen molar-refractivity contribution in [3.8, 4) is 16.9 Å². The lowest BCUT2D eigenvalue weighted by atomic mass is 10.0. The molecule has 8 heteroatoms. The maximum absolute atomic E-state index is 14.3. The van der Waals surface area contributed by atoms with Gasteiger partial charge in [-0.25, -0.2) is 18.7 Å². The number of aromatic nitrogens is 3. The molecule has 0 fully saturated rings. The first-order valence-electron chi connectivity index (χ1n) is 11.2. The number of nitrogens with zero attached hydrogens (tertiary/aromatic N) is 3. The van der Waals surface area contributed by atoms with Gasteiger partial charge in [0.15, 0.2) is 5.69 Å². The lowest BCUT2D eigenvalue weighted by Gasteiger charge is -2.08. The molecule has 0 N–H and O–H groups in total. The smallest absolute Gasteiger partial charge is 0.357 e. The van der Waals surface area contributed by atoms with Crippen molar-refractivity contribution < 1.29 is 23.5 Å². The van der Waals surface area contributed by atoms with Crippen molar-refractivity contribution in [2.75, 3.05) is 14.2 Å². The molecule has 36 heavy (non-hydrogen) atoms. The van der Waals surface area contributed by atoms with Gasteiger partial charge in [0, 0.05) is 22.8 Å². The molecule has 5 aromatic rings. The summed E-state index contributed by atoms with van der Waals surface area (Å²) in [5, 5.41) is 5.59. The van der Waals surface area contributed by atoms with Gasteiger partial charge in [-0.1, -0.05) is 48.5 Å². The Morgan fingerprint density at radius 2 is 1.61 bits per heavy atom. The van der Waals surface area contributed by atoms with Gasteiger partial charge in [-0.15, -0.1) is 0 Å². The van der Waals surface area contributed by atoms with Crippen molar-refractivity contribution in [3.63, 3.8) is 0 Å². The normalized spacial score (nSPS) is 11.0. The van der Waals surface area contributed by atoms with Crippen LogP contribution in [0.5, 0.6) is 0 Å². The van der Waals surface area contributed by atoms with Gasteiger partial charge in [0.05, 0.1) is 26.5 Å². The summed E-state index contributed by atoms with van der Waals surface area (Å²) in [5.41, 5.74) is 2.78. The zero-order chi connectivity index (χ0) is 25.2. The topological polar surface area (TPSA) is 75.4 Å². The molecule has 0 saturated carbocycles. The van der Waals surface area contributed by atoms with Crippen LogP contribution in [-0.2, 0) is 16.0 Å². The highest BCUT2D eigenvalue weighted by Crippen LogP contribution is 2.32. The molecule has 2 heterocycles. The summed E-state index contributed by atoms with van der Waals surface area (Å²) in [6, 6.07) is 23.1. The Bertz CT molecular complexity index is 1590. The Morgan fingerprint density at radius 1 is 0.889 bits per heavy atom. The third-order valence-electron chi connectivity index (χ3n) is 6.00. The van der Waals surface area contributed by atoms with Crippen molar-refractivity contribution >= 4 is 22.8 Å². The van der Waals surface area contributed by atoms with Crippen molar-refractivity contribution in [3.05, 3.63) is 108 Å². The number of ether oxygens (including phenoxy) is 2. The van der Waals surface area contributed by atoms with Gasteiger partial charge >= 0.3 is 11.9 Å². The summed E-state index contributed by atoms with van der Waals surface area (Å²) in [6.45, 7) is 0.329. The number of benzene rings is 3. The summed E-state index contributed by atoms with van der Waals surface area (Å²) in [6.07, 6.45) is 1.88. The summed E-state index contributed by atoms with van der Waals surface area (Å²) < 4.78 is 27.6. The van der Waals surface area contributed by atoms with Crippen LogP contribution in [0.4, 0.5) is 4.39 Å². The van der Waals surface area contributed by atoms with E-state index in [1.54, 1.807) is 42.5 Å². The highest BCUT2D eigenvalue weighted by atomic mass is 19.1. The van der Waals surface area contributed by atoms with E-state index in [1.165, 1.54) is 25.0 Å². The number of methoxy groups -OCH3 is 2. The first-order valence-corrected chi connectivity index (χ1v) is 11.2. The highest BCUT2D eigenvalue weighted by molar-refractivity contribution is 6.07. The molecule has 5 rings (SSSR count). The largest absolute Gasteiger partial charge is 0.465 e. The third kappa shape index (κ3) is 4.02. The second-order valence-electron chi connectivity index (χ2n) is 8.11. The second kappa shape index (κ2) is 9.50. The number of halogens is 1. The lowest BCUT2D eigenvalue weighted by Crippen LogP contribution is -2.15. The van der Waals surface area contributed by atoms with E-state index in [4.69, 9.17) is 9.47 Å². The minimum absolute atomic E-state index is 0.000219. The number of carbonyl (C=O) groups is 2. The molecular weight excluding hydrogens is 461 g/mol. The van der Waals surface area contributed by atoms with E-state index in [0.717, 1.165) is 10.9 Å². The van der Waals surface area contributed by atoms with E-state index in [0.29, 0.717) is 23.4 Å². The maximum Gasteiger partial charge on any atom is 0.357 e. The summed E-state index contributed by atoms with van der Waals surface area (Å²) in [4.78, 5) is 25.7. The van der Waals surface area contributed by atoms with Crippen LogP contribution in [0.15, 0.2) is 85.1 Å². The molecule has 0 aliphatic heterocycles. The maximum atomic E-state index is 14.3. The lowest BCUT2D eigenvalue weighted by molar-refractivity contribution is 0.0549. The van der Waals surface area contributed by atoms with Gasteiger partial charge in [0.25, 0.3) is 0 Å². The average Bonchev–Trinajstić information content (AvgIpc) is 3.51. The van der Waals surface area contributed by atoms with Crippen molar-refractivity contribution in [2.45, 2.75) is 6.54 Å². The summed E-state index contributed by atoms with van der Waals surface area (Å²) in [7, 11) is 2.49. The zero-order valence-corrected chi connectivity index (χ0v) is 19.6. The van der Waals surface area contributed by atoms with Crippen molar-refractivity contribution in [1.29, 1.82) is 0 Å². The van der Waals surface area contributed by atoms with Gasteiger partial charge in [-0.2, -0.15) is 5.10 Å². The molecule has 0 amide bonds. The number of fused-ring (bicyclic) bond motifs is 1. The molecule has 0 aliphatic rings. The zero-order valence-electron chi connectivity index (χ0n) is 19.6. The fourth-order valence-electron chi connectivity index (χ4n) is 4.24. The van der Waals surface area contributed by atoms with Gasteiger partial charge in [-0.3, -0.25) is 0 Å². The molecular formula is C28H22FN3O4. The monoisotopic (exact) mass is 483 g/mol. The van der Waals surface area contributed by atoms with Crippen LogP contribution < -0.4 is 0 Å². The third-order valence-corrected chi connectivity index (χ3v) is 6.00. The van der Waals surface area contributed by atoms with Gasteiger partial charge in [0.2, 0.25) is 0 Å². The molecule has 0 saturated heterocycles. The van der Waals surface area contributed by atoms with Crippen LogP contribution in [0.25, 0.3) is 27.8 Å². The van der Waals surface area contributed by atoms with Crippen LogP contribution in [0.3, 0.4) is 0 Å². The molecule has 0 radical (unpaired) electrons. The van der Waals surface area contributed by atoms with Crippen molar-refractivity contribution in [2.24, 2.45) is 0 Å². The van der Waals surface area contributed by atoms with Crippen LogP contribution in [-0.4, -0.2) is 40.5 Å². The fraction of sp³-hybridized carbons (Fsp3) is 0.107. The minimum atomic E-state index is -0.720. The van der Waals surface area contributed by atoms with Crippen LogP contribution >= 0.6 is 0 Å². The predicted molar refractivity (Wildman–Crippen MR) is 133 cm³/mol. The Kier molecular flexibility index (Phi) is 6.08. The first kappa shape index (κ1) is 23.0. The Morgan fingerprint density at radius 3 is 2.33 bits per heavy atom. The molecule has 0 bridgehead atoms. The molecule has 7 nitrogen and oxygen atoms in total. The average molecular weight is 483 g/mol. The van der Waals surface area contributed by atoms with E-state index >= 15 is 0 Å². The SMILES string of the molecule is COC(=O)c1c(-c2ccc3ccn(Cc4ccccc4F)c3c2)nn(-c2ccccc2)c1C(=O)OC. The van der Waals surface area contributed by atoms with E-state index in [1.807, 2.05) is 41.1 Å². The number of rotatable bonds is 6. The summed E-state index contributed by atoms with van der Waals surface area (Å²) in [5.74, 6) is -1.72. The molecule has 0 aliphatic carbocycles. The Labute approximate surface area is 206 Å². The molecule has 0 unspecified atom stereocenters.